The van der Waals surface area contributed by atoms with E-state index in [2.05, 4.69) is 27.6 Å². The van der Waals surface area contributed by atoms with Crippen LogP contribution in [0.4, 0.5) is 0 Å². The average molecular weight is 425 g/mol. The summed E-state index contributed by atoms with van der Waals surface area (Å²) in [6.07, 6.45) is 1.65. The van der Waals surface area contributed by atoms with Gasteiger partial charge in [-0.1, -0.05) is 18.2 Å². The third kappa shape index (κ3) is 3.07. The SMILES string of the molecule is Cc1cnc2c(S(=O)(=O)Oc3cccc(I)c3)cccc2c1. The number of pyridine rings is 1. The van der Waals surface area contributed by atoms with E-state index < -0.39 is 10.1 Å². The molecule has 4 nitrogen and oxygen atoms in total. The lowest BCUT2D eigenvalue weighted by molar-refractivity contribution is 0.486. The highest BCUT2D eigenvalue weighted by Gasteiger charge is 2.20. The van der Waals surface area contributed by atoms with Crippen LogP contribution in [-0.2, 0) is 10.1 Å². The Labute approximate surface area is 142 Å². The minimum Gasteiger partial charge on any atom is -0.379 e. The van der Waals surface area contributed by atoms with Crippen LogP contribution in [0, 0.1) is 10.5 Å². The van der Waals surface area contributed by atoms with Crippen molar-refractivity contribution in [3.05, 3.63) is 63.9 Å². The quantitative estimate of drug-likeness (QED) is 0.472. The third-order valence-electron chi connectivity index (χ3n) is 3.08. The molecule has 0 aliphatic carbocycles. The van der Waals surface area contributed by atoms with Gasteiger partial charge in [0.15, 0.2) is 0 Å². The lowest BCUT2D eigenvalue weighted by atomic mass is 10.2. The van der Waals surface area contributed by atoms with Crippen molar-refractivity contribution in [1.82, 2.24) is 4.98 Å². The van der Waals surface area contributed by atoms with Gasteiger partial charge in [0.05, 0.1) is 5.52 Å². The first kappa shape index (κ1) is 15.2. The van der Waals surface area contributed by atoms with Crippen LogP contribution in [0.3, 0.4) is 0 Å². The highest BCUT2D eigenvalue weighted by atomic mass is 127. The number of aromatic nitrogens is 1. The Morgan fingerprint density at radius 1 is 1.09 bits per heavy atom. The van der Waals surface area contributed by atoms with Gasteiger partial charge in [0.25, 0.3) is 0 Å². The van der Waals surface area contributed by atoms with E-state index in [1.807, 2.05) is 25.1 Å². The Balaban J connectivity index is 2.09. The summed E-state index contributed by atoms with van der Waals surface area (Å²) < 4.78 is 31.2. The molecular weight excluding hydrogens is 413 g/mol. The number of nitrogens with zero attached hydrogens (tertiary/aromatic N) is 1. The Kier molecular flexibility index (Phi) is 4.05. The van der Waals surface area contributed by atoms with Crippen molar-refractivity contribution < 1.29 is 12.6 Å². The first-order valence-electron chi connectivity index (χ1n) is 6.51. The third-order valence-corrected chi connectivity index (χ3v) is 5.03. The minimum atomic E-state index is -3.94. The summed E-state index contributed by atoms with van der Waals surface area (Å²) in [6.45, 7) is 1.91. The van der Waals surface area contributed by atoms with E-state index in [1.165, 1.54) is 6.07 Å². The molecule has 0 aliphatic rings. The molecule has 0 N–H and O–H groups in total. The van der Waals surface area contributed by atoms with Crippen molar-refractivity contribution in [1.29, 1.82) is 0 Å². The molecule has 0 unspecified atom stereocenters. The van der Waals surface area contributed by atoms with Gasteiger partial charge in [-0.05, 0) is 65.4 Å². The van der Waals surface area contributed by atoms with Gasteiger partial charge in [-0.3, -0.25) is 4.98 Å². The Bertz CT molecular complexity index is 955. The molecule has 6 heteroatoms. The summed E-state index contributed by atoms with van der Waals surface area (Å²) in [7, 11) is -3.94. The second-order valence-electron chi connectivity index (χ2n) is 4.84. The monoisotopic (exact) mass is 425 g/mol. The highest BCUT2D eigenvalue weighted by Crippen LogP contribution is 2.25. The predicted octanol–water partition coefficient (Wildman–Crippen LogP) is 3.92. The number of hydrogen-bond acceptors (Lipinski definition) is 4. The van der Waals surface area contributed by atoms with E-state index in [4.69, 9.17) is 4.18 Å². The smallest absolute Gasteiger partial charge is 0.341 e. The van der Waals surface area contributed by atoms with Gasteiger partial charge in [0.2, 0.25) is 0 Å². The van der Waals surface area contributed by atoms with Gasteiger partial charge in [-0.2, -0.15) is 8.42 Å². The van der Waals surface area contributed by atoms with Crippen LogP contribution in [-0.4, -0.2) is 13.4 Å². The summed E-state index contributed by atoms with van der Waals surface area (Å²) in [5, 5.41) is 0.771. The summed E-state index contributed by atoms with van der Waals surface area (Å²) in [5.74, 6) is 0.288. The largest absolute Gasteiger partial charge is 0.379 e. The van der Waals surface area contributed by atoms with Crippen LogP contribution in [0.15, 0.2) is 59.6 Å². The van der Waals surface area contributed by atoms with Gasteiger partial charge < -0.3 is 4.18 Å². The van der Waals surface area contributed by atoms with Gasteiger partial charge in [-0.25, -0.2) is 0 Å². The molecule has 22 heavy (non-hydrogen) atoms. The van der Waals surface area contributed by atoms with E-state index in [-0.39, 0.29) is 10.6 Å². The van der Waals surface area contributed by atoms with Crippen LogP contribution in [0.25, 0.3) is 10.9 Å². The number of hydrogen-bond donors (Lipinski definition) is 0. The van der Waals surface area contributed by atoms with E-state index in [0.717, 1.165) is 14.5 Å². The molecule has 0 saturated heterocycles. The zero-order valence-corrected chi connectivity index (χ0v) is 14.6. The Hall–Kier alpha value is -1.67. The van der Waals surface area contributed by atoms with Crippen molar-refractivity contribution in [2.45, 2.75) is 11.8 Å². The summed E-state index contributed by atoms with van der Waals surface area (Å²) in [6, 6.07) is 13.8. The average Bonchev–Trinajstić information content (AvgIpc) is 2.45. The van der Waals surface area contributed by atoms with Crippen molar-refractivity contribution in [2.24, 2.45) is 0 Å². The lowest BCUT2D eigenvalue weighted by Gasteiger charge is -2.09. The first-order valence-corrected chi connectivity index (χ1v) is 9.00. The molecular formula is C16H12INO3S. The molecule has 1 aromatic heterocycles. The van der Waals surface area contributed by atoms with E-state index in [0.29, 0.717) is 5.52 Å². The molecule has 0 fully saturated rings. The molecule has 0 radical (unpaired) electrons. The fourth-order valence-electron chi connectivity index (χ4n) is 2.13. The minimum absolute atomic E-state index is 0.0730. The Morgan fingerprint density at radius 3 is 2.64 bits per heavy atom. The summed E-state index contributed by atoms with van der Waals surface area (Å²) in [5.41, 5.74) is 1.39. The van der Waals surface area contributed by atoms with Crippen molar-refractivity contribution in [3.8, 4) is 5.75 Å². The molecule has 0 bridgehead atoms. The highest BCUT2D eigenvalue weighted by molar-refractivity contribution is 14.1. The summed E-state index contributed by atoms with van der Waals surface area (Å²) in [4.78, 5) is 4.32. The molecule has 2 aromatic carbocycles. The van der Waals surface area contributed by atoms with E-state index >= 15 is 0 Å². The Morgan fingerprint density at radius 2 is 1.86 bits per heavy atom. The maximum absolute atomic E-state index is 12.5. The molecule has 0 aliphatic heterocycles. The number of fused-ring (bicyclic) bond motifs is 1. The van der Waals surface area contributed by atoms with Gasteiger partial charge in [0.1, 0.15) is 10.6 Å². The van der Waals surface area contributed by atoms with Crippen molar-refractivity contribution in [3.63, 3.8) is 0 Å². The fraction of sp³-hybridized carbons (Fsp3) is 0.0625. The molecule has 3 aromatic rings. The number of aryl methyl sites for hydroxylation is 1. The summed E-state index contributed by atoms with van der Waals surface area (Å²) >= 11 is 2.10. The van der Waals surface area contributed by atoms with Crippen LogP contribution in [0.1, 0.15) is 5.56 Å². The second kappa shape index (κ2) is 5.85. The molecule has 0 atom stereocenters. The maximum atomic E-state index is 12.5. The number of para-hydroxylation sites is 1. The van der Waals surface area contributed by atoms with E-state index in [9.17, 15) is 8.42 Å². The molecule has 0 saturated carbocycles. The number of rotatable bonds is 3. The van der Waals surface area contributed by atoms with Crippen LogP contribution < -0.4 is 4.18 Å². The predicted molar refractivity (Wildman–Crippen MR) is 93.5 cm³/mol. The van der Waals surface area contributed by atoms with Crippen LogP contribution >= 0.6 is 22.6 Å². The molecule has 3 rings (SSSR count). The zero-order chi connectivity index (χ0) is 15.7. The van der Waals surface area contributed by atoms with E-state index in [1.54, 1.807) is 30.5 Å². The van der Waals surface area contributed by atoms with Crippen LogP contribution in [0.2, 0.25) is 0 Å². The molecule has 112 valence electrons. The van der Waals surface area contributed by atoms with Gasteiger partial charge in [0, 0.05) is 15.2 Å². The molecule has 0 amide bonds. The number of halogens is 1. The van der Waals surface area contributed by atoms with Gasteiger partial charge in [-0.15, -0.1) is 0 Å². The normalized spacial score (nSPS) is 11.5. The standard InChI is InChI=1S/C16H12INO3S/c1-11-8-12-4-2-7-15(16(12)18-10-11)22(19,20)21-14-6-3-5-13(17)9-14/h2-10H,1H3. The van der Waals surface area contributed by atoms with Crippen molar-refractivity contribution >= 4 is 43.6 Å². The second-order valence-corrected chi connectivity index (χ2v) is 7.60. The molecule has 1 heterocycles. The maximum Gasteiger partial charge on any atom is 0.341 e. The van der Waals surface area contributed by atoms with Gasteiger partial charge >= 0.3 is 10.1 Å². The number of benzene rings is 2. The van der Waals surface area contributed by atoms with Crippen molar-refractivity contribution in [2.75, 3.05) is 0 Å². The molecule has 0 spiro atoms. The zero-order valence-electron chi connectivity index (χ0n) is 11.7. The topological polar surface area (TPSA) is 56.3 Å². The lowest BCUT2D eigenvalue weighted by Crippen LogP contribution is -2.10. The fourth-order valence-corrected chi connectivity index (χ4v) is 3.75. The first-order chi connectivity index (χ1) is 10.5. The van der Waals surface area contributed by atoms with Crippen LogP contribution in [0.5, 0.6) is 5.75 Å².